The van der Waals surface area contributed by atoms with Crippen LogP contribution in [0.3, 0.4) is 0 Å². The second-order valence-electron chi connectivity index (χ2n) is 5.27. The van der Waals surface area contributed by atoms with E-state index in [1.54, 1.807) is 0 Å². The highest BCUT2D eigenvalue weighted by Crippen LogP contribution is 2.28. The van der Waals surface area contributed by atoms with Gasteiger partial charge in [0, 0.05) is 31.0 Å². The number of hydrogen-bond donors (Lipinski definition) is 1. The second-order valence-corrected chi connectivity index (χ2v) is 5.27. The minimum absolute atomic E-state index is 0.0835. The van der Waals surface area contributed by atoms with E-state index in [1.807, 2.05) is 12.4 Å². The molecule has 0 radical (unpaired) electrons. The predicted molar refractivity (Wildman–Crippen MR) is 72.2 cm³/mol. The van der Waals surface area contributed by atoms with Crippen LogP contribution in [0.1, 0.15) is 32.4 Å². The highest BCUT2D eigenvalue weighted by molar-refractivity contribution is 5.17. The molecule has 1 aliphatic heterocycles. The fourth-order valence-corrected chi connectivity index (χ4v) is 2.67. The van der Waals surface area contributed by atoms with Crippen molar-refractivity contribution in [3.8, 4) is 0 Å². The Balaban J connectivity index is 2.24. The van der Waals surface area contributed by atoms with Crippen LogP contribution < -0.4 is 5.73 Å². The molecular weight excluding hydrogens is 226 g/mol. The van der Waals surface area contributed by atoms with Crippen molar-refractivity contribution in [3.63, 3.8) is 0 Å². The third kappa shape index (κ3) is 2.88. The average molecular weight is 249 g/mol. The average Bonchev–Trinajstić information content (AvgIpc) is 2.35. The van der Waals surface area contributed by atoms with Crippen LogP contribution >= 0.6 is 0 Å². The molecule has 0 saturated carbocycles. The number of morpholine rings is 1. The second kappa shape index (κ2) is 5.78. The lowest BCUT2D eigenvalue weighted by Crippen LogP contribution is -2.52. The first-order valence-corrected chi connectivity index (χ1v) is 6.62. The zero-order valence-electron chi connectivity index (χ0n) is 11.4. The first-order valence-electron chi connectivity index (χ1n) is 6.62. The number of rotatable bonds is 3. The molecule has 18 heavy (non-hydrogen) atoms. The molecule has 4 heteroatoms. The van der Waals surface area contributed by atoms with Crippen LogP contribution in [0.25, 0.3) is 0 Å². The van der Waals surface area contributed by atoms with E-state index in [0.29, 0.717) is 6.04 Å². The zero-order chi connectivity index (χ0) is 13.1. The highest BCUT2D eigenvalue weighted by atomic mass is 16.5. The minimum atomic E-state index is 0.0835. The molecule has 1 fully saturated rings. The monoisotopic (exact) mass is 249 g/mol. The van der Waals surface area contributed by atoms with Gasteiger partial charge in [-0.1, -0.05) is 0 Å². The van der Waals surface area contributed by atoms with Crippen molar-refractivity contribution in [2.24, 2.45) is 5.73 Å². The molecule has 0 aromatic carbocycles. The van der Waals surface area contributed by atoms with Crippen LogP contribution in [-0.4, -0.2) is 41.2 Å². The molecule has 2 rings (SSSR count). The summed E-state index contributed by atoms with van der Waals surface area (Å²) in [5.41, 5.74) is 7.44. The maximum atomic E-state index is 6.20. The summed E-state index contributed by atoms with van der Waals surface area (Å²) in [6.45, 7) is 8.08. The molecule has 4 unspecified atom stereocenters. The van der Waals surface area contributed by atoms with Gasteiger partial charge >= 0.3 is 0 Å². The molecule has 1 saturated heterocycles. The van der Waals surface area contributed by atoms with Crippen molar-refractivity contribution >= 4 is 0 Å². The van der Waals surface area contributed by atoms with E-state index < -0.39 is 0 Å². The van der Waals surface area contributed by atoms with E-state index in [0.717, 1.165) is 13.2 Å². The van der Waals surface area contributed by atoms with Crippen molar-refractivity contribution in [1.29, 1.82) is 0 Å². The Kier molecular flexibility index (Phi) is 4.32. The first-order chi connectivity index (χ1) is 8.59. The van der Waals surface area contributed by atoms with Crippen molar-refractivity contribution in [1.82, 2.24) is 9.88 Å². The number of aromatic nitrogens is 1. The van der Waals surface area contributed by atoms with Gasteiger partial charge in [0.2, 0.25) is 0 Å². The standard InChI is InChI=1S/C14H23N3O/c1-10-9-18-11(2)8-17(10)14(12(3)15)13-4-6-16-7-5-13/h4-7,10-12,14H,8-9,15H2,1-3H3. The van der Waals surface area contributed by atoms with Gasteiger partial charge in [0.25, 0.3) is 0 Å². The number of pyridine rings is 1. The molecule has 4 nitrogen and oxygen atoms in total. The van der Waals surface area contributed by atoms with Crippen LogP contribution in [0.15, 0.2) is 24.5 Å². The van der Waals surface area contributed by atoms with Gasteiger partial charge in [-0.3, -0.25) is 9.88 Å². The van der Waals surface area contributed by atoms with Gasteiger partial charge < -0.3 is 10.5 Å². The topological polar surface area (TPSA) is 51.4 Å². The van der Waals surface area contributed by atoms with Gasteiger partial charge in [0.05, 0.1) is 18.8 Å². The SMILES string of the molecule is CC1CN(C(c2ccncc2)C(C)N)C(C)CO1. The Morgan fingerprint density at radius 3 is 2.67 bits per heavy atom. The molecule has 2 heterocycles. The maximum Gasteiger partial charge on any atom is 0.0675 e. The molecule has 1 aliphatic rings. The van der Waals surface area contributed by atoms with Crippen molar-refractivity contribution in [3.05, 3.63) is 30.1 Å². The Morgan fingerprint density at radius 1 is 1.39 bits per heavy atom. The third-order valence-electron chi connectivity index (χ3n) is 3.56. The summed E-state index contributed by atoms with van der Waals surface area (Å²) in [6.07, 6.45) is 3.93. The lowest BCUT2D eigenvalue weighted by Gasteiger charge is -2.43. The molecule has 1 aromatic rings. The molecule has 0 spiro atoms. The minimum Gasteiger partial charge on any atom is -0.376 e. The Labute approximate surface area is 109 Å². The number of nitrogens with zero attached hydrogens (tertiary/aromatic N) is 2. The summed E-state index contributed by atoms with van der Waals surface area (Å²) in [7, 11) is 0. The molecule has 4 atom stereocenters. The van der Waals surface area contributed by atoms with Gasteiger partial charge in [-0.15, -0.1) is 0 Å². The number of hydrogen-bond acceptors (Lipinski definition) is 4. The normalized spacial score (nSPS) is 28.9. The molecule has 0 amide bonds. The Bertz CT molecular complexity index is 369. The molecular formula is C14H23N3O. The van der Waals surface area contributed by atoms with E-state index in [2.05, 4.69) is 42.8 Å². The van der Waals surface area contributed by atoms with Crippen molar-refractivity contribution in [2.45, 2.75) is 45.0 Å². The third-order valence-corrected chi connectivity index (χ3v) is 3.56. The summed E-state index contributed by atoms with van der Waals surface area (Å²) in [5.74, 6) is 0. The first kappa shape index (κ1) is 13.5. The van der Waals surface area contributed by atoms with Crippen molar-refractivity contribution < 1.29 is 4.74 Å². The smallest absolute Gasteiger partial charge is 0.0675 e. The van der Waals surface area contributed by atoms with Gasteiger partial charge in [-0.2, -0.15) is 0 Å². The Morgan fingerprint density at radius 2 is 2.06 bits per heavy atom. The lowest BCUT2D eigenvalue weighted by atomic mass is 9.97. The van der Waals surface area contributed by atoms with Crippen molar-refractivity contribution in [2.75, 3.05) is 13.2 Å². The number of ether oxygens (including phenoxy) is 1. The molecule has 1 aromatic heterocycles. The largest absolute Gasteiger partial charge is 0.376 e. The Hall–Kier alpha value is -0.970. The molecule has 0 aliphatic carbocycles. The van der Waals surface area contributed by atoms with Gasteiger partial charge in [0.15, 0.2) is 0 Å². The van der Waals surface area contributed by atoms with Crippen LogP contribution in [0.2, 0.25) is 0 Å². The van der Waals surface area contributed by atoms with Gasteiger partial charge in [-0.05, 0) is 38.5 Å². The summed E-state index contributed by atoms with van der Waals surface area (Å²) in [5, 5.41) is 0. The zero-order valence-corrected chi connectivity index (χ0v) is 11.4. The van der Waals surface area contributed by atoms with E-state index in [-0.39, 0.29) is 18.2 Å². The van der Waals surface area contributed by atoms with E-state index in [1.165, 1.54) is 5.56 Å². The maximum absolute atomic E-state index is 6.20. The fourth-order valence-electron chi connectivity index (χ4n) is 2.67. The lowest BCUT2D eigenvalue weighted by molar-refractivity contribution is -0.0697. The van der Waals surface area contributed by atoms with E-state index in [9.17, 15) is 0 Å². The summed E-state index contributed by atoms with van der Waals surface area (Å²) in [4.78, 5) is 6.53. The van der Waals surface area contributed by atoms with E-state index in [4.69, 9.17) is 10.5 Å². The number of nitrogens with two attached hydrogens (primary N) is 1. The quantitative estimate of drug-likeness (QED) is 0.883. The van der Waals surface area contributed by atoms with Gasteiger partial charge in [0.1, 0.15) is 0 Å². The highest BCUT2D eigenvalue weighted by Gasteiger charge is 2.32. The predicted octanol–water partition coefficient (Wildman–Crippen LogP) is 1.58. The van der Waals surface area contributed by atoms with Crippen LogP contribution in [-0.2, 0) is 4.74 Å². The fraction of sp³-hybridized carbons (Fsp3) is 0.643. The van der Waals surface area contributed by atoms with Crippen LogP contribution in [0.5, 0.6) is 0 Å². The molecule has 2 N–H and O–H groups in total. The van der Waals surface area contributed by atoms with Gasteiger partial charge in [-0.25, -0.2) is 0 Å². The summed E-state index contributed by atoms with van der Waals surface area (Å²) < 4.78 is 5.69. The molecule has 0 bridgehead atoms. The van der Waals surface area contributed by atoms with E-state index >= 15 is 0 Å². The van der Waals surface area contributed by atoms with Crippen LogP contribution in [0.4, 0.5) is 0 Å². The summed E-state index contributed by atoms with van der Waals surface area (Å²) in [6, 6.07) is 4.82. The summed E-state index contributed by atoms with van der Waals surface area (Å²) >= 11 is 0. The van der Waals surface area contributed by atoms with Crippen LogP contribution in [0, 0.1) is 0 Å². The molecule has 100 valence electrons.